The van der Waals surface area contributed by atoms with Crippen LogP contribution in [0.4, 0.5) is 0 Å². The quantitative estimate of drug-likeness (QED) is 0.265. The molecule has 5 nitrogen and oxygen atoms in total. The lowest BCUT2D eigenvalue weighted by atomic mass is 10.2. The van der Waals surface area contributed by atoms with E-state index in [1.165, 1.54) is 4.68 Å². The number of hydrogen-bond acceptors (Lipinski definition) is 4. The molecule has 7 heteroatoms. The van der Waals surface area contributed by atoms with Crippen molar-refractivity contribution in [1.29, 1.82) is 0 Å². The molecule has 4 rings (SSSR count). The fourth-order valence-electron chi connectivity index (χ4n) is 3.19. The lowest BCUT2D eigenvalue weighted by Crippen LogP contribution is -2.23. The number of aromatic nitrogens is 2. The van der Waals surface area contributed by atoms with E-state index < -0.39 is 0 Å². The first-order valence-electron chi connectivity index (χ1n) is 10.0. The van der Waals surface area contributed by atoms with Gasteiger partial charge in [-0.05, 0) is 82.5 Å². The van der Waals surface area contributed by atoms with E-state index in [4.69, 9.17) is 9.72 Å². The summed E-state index contributed by atoms with van der Waals surface area (Å²) in [6.45, 7) is 5.97. The zero-order valence-electron chi connectivity index (χ0n) is 17.8. The molecule has 0 unspecified atom stereocenters. The second kappa shape index (κ2) is 9.00. The van der Waals surface area contributed by atoms with Crippen molar-refractivity contribution in [2.24, 2.45) is 5.10 Å². The Hall–Kier alpha value is -2.77. The van der Waals surface area contributed by atoms with Gasteiger partial charge in [0.25, 0.3) is 5.56 Å². The number of fused-ring (bicyclic) bond motifs is 1. The molecule has 0 aliphatic heterocycles. The van der Waals surface area contributed by atoms with Gasteiger partial charge in [-0.3, -0.25) is 4.79 Å². The largest absolute Gasteiger partial charge is 0.486 e. The van der Waals surface area contributed by atoms with Gasteiger partial charge < -0.3 is 4.74 Å². The van der Waals surface area contributed by atoms with Crippen LogP contribution in [0.3, 0.4) is 0 Å². The highest BCUT2D eigenvalue weighted by molar-refractivity contribution is 9.11. The van der Waals surface area contributed by atoms with Crippen molar-refractivity contribution in [2.45, 2.75) is 26.4 Å². The second-order valence-electron chi connectivity index (χ2n) is 8.21. The number of rotatable bonds is 4. The first-order chi connectivity index (χ1) is 15.2. The summed E-state index contributed by atoms with van der Waals surface area (Å²) in [5, 5.41) is 5.04. The van der Waals surface area contributed by atoms with Crippen molar-refractivity contribution in [3.05, 3.63) is 91.6 Å². The van der Waals surface area contributed by atoms with Gasteiger partial charge in [0.1, 0.15) is 11.4 Å². The maximum absolute atomic E-state index is 13.3. The van der Waals surface area contributed by atoms with Crippen LogP contribution in [0.5, 0.6) is 5.75 Å². The third kappa shape index (κ3) is 4.84. The van der Waals surface area contributed by atoms with Gasteiger partial charge in [-0.1, -0.05) is 42.5 Å². The van der Waals surface area contributed by atoms with Crippen LogP contribution in [0.1, 0.15) is 26.3 Å². The van der Waals surface area contributed by atoms with E-state index in [1.807, 2.05) is 81.4 Å². The average Bonchev–Trinajstić information content (AvgIpc) is 2.75. The fraction of sp³-hybridized carbons (Fsp3) is 0.160. The number of nitrogens with zero attached hydrogens (tertiary/aromatic N) is 3. The average molecular weight is 555 g/mol. The van der Waals surface area contributed by atoms with Crippen LogP contribution in [0, 0.1) is 0 Å². The van der Waals surface area contributed by atoms with Gasteiger partial charge in [0, 0.05) is 5.56 Å². The van der Waals surface area contributed by atoms with Gasteiger partial charge >= 0.3 is 0 Å². The molecule has 32 heavy (non-hydrogen) atoms. The summed E-state index contributed by atoms with van der Waals surface area (Å²) in [6, 6.07) is 20.6. The van der Waals surface area contributed by atoms with Crippen LogP contribution >= 0.6 is 31.9 Å². The molecule has 1 aromatic heterocycles. The summed E-state index contributed by atoms with van der Waals surface area (Å²) < 4.78 is 8.94. The number of para-hydroxylation sites is 1. The Balaban J connectivity index is 1.82. The van der Waals surface area contributed by atoms with Crippen molar-refractivity contribution in [1.82, 2.24) is 9.66 Å². The summed E-state index contributed by atoms with van der Waals surface area (Å²) in [5.41, 5.74) is 1.68. The van der Waals surface area contributed by atoms with E-state index in [9.17, 15) is 4.79 Å². The molecule has 1 heterocycles. The van der Waals surface area contributed by atoms with Gasteiger partial charge in [0.05, 0.1) is 26.1 Å². The Kier molecular flexibility index (Phi) is 6.31. The molecule has 0 atom stereocenters. The Morgan fingerprint density at radius 2 is 1.59 bits per heavy atom. The Labute approximate surface area is 203 Å². The zero-order chi connectivity index (χ0) is 22.9. The predicted octanol–water partition coefficient (Wildman–Crippen LogP) is 6.65. The minimum atomic E-state index is -0.338. The predicted molar refractivity (Wildman–Crippen MR) is 137 cm³/mol. The maximum atomic E-state index is 13.3. The SMILES string of the molecule is CC(C)(C)Oc1c(Br)cc(C=Nn2c(-c3ccccc3)nc3ccccc3c2=O)cc1Br. The summed E-state index contributed by atoms with van der Waals surface area (Å²) in [5.74, 6) is 1.19. The molecule has 0 fully saturated rings. The van der Waals surface area contributed by atoms with Crippen molar-refractivity contribution in [3.8, 4) is 17.1 Å². The lowest BCUT2D eigenvalue weighted by molar-refractivity contribution is 0.128. The highest BCUT2D eigenvalue weighted by Gasteiger charge is 2.17. The normalized spacial score (nSPS) is 11.9. The second-order valence-corrected chi connectivity index (χ2v) is 9.92. The summed E-state index contributed by atoms with van der Waals surface area (Å²) >= 11 is 7.16. The van der Waals surface area contributed by atoms with E-state index in [0.29, 0.717) is 22.5 Å². The van der Waals surface area contributed by atoms with Crippen LogP contribution in [0.15, 0.2) is 85.6 Å². The highest BCUT2D eigenvalue weighted by atomic mass is 79.9. The Morgan fingerprint density at radius 3 is 2.25 bits per heavy atom. The number of benzene rings is 3. The summed E-state index contributed by atoms with van der Waals surface area (Å²) in [4.78, 5) is 18.0. The highest BCUT2D eigenvalue weighted by Crippen LogP contribution is 2.36. The Morgan fingerprint density at radius 1 is 0.969 bits per heavy atom. The molecule has 0 aliphatic carbocycles. The molecule has 0 saturated carbocycles. The minimum Gasteiger partial charge on any atom is -0.486 e. The topological polar surface area (TPSA) is 56.5 Å². The van der Waals surface area contributed by atoms with Crippen molar-refractivity contribution >= 4 is 49.0 Å². The molecule has 4 aromatic rings. The minimum absolute atomic E-state index is 0.225. The third-order valence-electron chi connectivity index (χ3n) is 4.54. The number of halogens is 2. The molecule has 0 N–H and O–H groups in total. The van der Waals surface area contributed by atoms with Gasteiger partial charge in [0.15, 0.2) is 5.82 Å². The van der Waals surface area contributed by atoms with Gasteiger partial charge in [-0.2, -0.15) is 9.78 Å². The number of ether oxygens (including phenoxy) is 1. The van der Waals surface area contributed by atoms with Gasteiger partial charge in [-0.15, -0.1) is 0 Å². The molecular weight excluding hydrogens is 534 g/mol. The molecule has 0 spiro atoms. The monoisotopic (exact) mass is 553 g/mol. The van der Waals surface area contributed by atoms with E-state index in [0.717, 1.165) is 20.1 Å². The van der Waals surface area contributed by atoms with E-state index in [1.54, 1.807) is 12.3 Å². The van der Waals surface area contributed by atoms with Crippen LogP contribution < -0.4 is 10.3 Å². The first kappa shape index (κ1) is 22.4. The molecule has 0 aliphatic rings. The van der Waals surface area contributed by atoms with Crippen LogP contribution in [0.25, 0.3) is 22.3 Å². The molecule has 0 radical (unpaired) electrons. The molecular formula is C25H21Br2N3O2. The molecule has 0 bridgehead atoms. The van der Waals surface area contributed by atoms with Crippen LogP contribution in [-0.2, 0) is 0 Å². The van der Waals surface area contributed by atoms with E-state index >= 15 is 0 Å². The molecule has 0 amide bonds. The molecule has 3 aromatic carbocycles. The summed E-state index contributed by atoms with van der Waals surface area (Å²) in [6.07, 6.45) is 1.64. The third-order valence-corrected chi connectivity index (χ3v) is 5.72. The van der Waals surface area contributed by atoms with E-state index in [2.05, 4.69) is 37.0 Å². The standard InChI is InChI=1S/C25H21Br2N3O2/c1-25(2,3)32-22-19(26)13-16(14-20(22)27)15-28-30-23(17-9-5-4-6-10-17)29-21-12-8-7-11-18(21)24(30)31/h4-15H,1-3H3. The number of hydrogen-bond donors (Lipinski definition) is 0. The van der Waals surface area contributed by atoms with Crippen molar-refractivity contribution in [3.63, 3.8) is 0 Å². The van der Waals surface area contributed by atoms with Crippen LogP contribution in [0.2, 0.25) is 0 Å². The van der Waals surface area contributed by atoms with Gasteiger partial charge in [0.2, 0.25) is 0 Å². The Bertz CT molecular complexity index is 1350. The van der Waals surface area contributed by atoms with Crippen LogP contribution in [-0.4, -0.2) is 21.5 Å². The van der Waals surface area contributed by atoms with Crippen molar-refractivity contribution in [2.75, 3.05) is 0 Å². The zero-order valence-corrected chi connectivity index (χ0v) is 21.0. The first-order valence-corrected chi connectivity index (χ1v) is 11.6. The maximum Gasteiger partial charge on any atom is 0.282 e. The molecule has 162 valence electrons. The summed E-state index contributed by atoms with van der Waals surface area (Å²) in [7, 11) is 0. The smallest absolute Gasteiger partial charge is 0.282 e. The van der Waals surface area contributed by atoms with Crippen molar-refractivity contribution < 1.29 is 4.74 Å². The fourth-order valence-corrected chi connectivity index (χ4v) is 4.57. The van der Waals surface area contributed by atoms with E-state index in [-0.39, 0.29) is 11.2 Å². The molecule has 0 saturated heterocycles. The lowest BCUT2D eigenvalue weighted by Gasteiger charge is -2.23. The van der Waals surface area contributed by atoms with Gasteiger partial charge in [-0.25, -0.2) is 4.98 Å².